The molecule has 0 saturated carbocycles. The van der Waals surface area contributed by atoms with E-state index in [1.165, 1.54) is 38.6 Å². The predicted molar refractivity (Wildman–Crippen MR) is 74.8 cm³/mol. The van der Waals surface area contributed by atoms with Crippen molar-refractivity contribution in [3.8, 4) is 0 Å². The average molecular weight is 248 g/mol. The van der Waals surface area contributed by atoms with E-state index in [-0.39, 0.29) is 0 Å². The zero-order valence-electron chi connectivity index (χ0n) is 11.3. The van der Waals surface area contributed by atoms with Gasteiger partial charge in [0.25, 0.3) is 0 Å². The molecule has 0 amide bonds. The summed E-state index contributed by atoms with van der Waals surface area (Å²) >= 11 is 0. The summed E-state index contributed by atoms with van der Waals surface area (Å²) in [7, 11) is 0. The van der Waals surface area contributed by atoms with Crippen LogP contribution in [0.5, 0.6) is 0 Å². The highest BCUT2D eigenvalue weighted by atomic mass is 15.3. The lowest BCUT2D eigenvalue weighted by Crippen LogP contribution is -2.43. The minimum absolute atomic E-state index is 0.682. The van der Waals surface area contributed by atoms with Gasteiger partial charge >= 0.3 is 0 Å². The van der Waals surface area contributed by atoms with E-state index < -0.39 is 0 Å². The SMILES string of the molecule is CCCCCNC1CCN(c2ncccn2)CC1. The van der Waals surface area contributed by atoms with Crippen LogP contribution < -0.4 is 10.2 Å². The lowest BCUT2D eigenvalue weighted by molar-refractivity contribution is 0.407. The highest BCUT2D eigenvalue weighted by Crippen LogP contribution is 2.15. The third kappa shape index (κ3) is 3.95. The first-order valence-electron chi connectivity index (χ1n) is 7.15. The summed E-state index contributed by atoms with van der Waals surface area (Å²) in [5.41, 5.74) is 0. The maximum atomic E-state index is 4.31. The number of hydrogen-bond acceptors (Lipinski definition) is 4. The molecule has 1 aliphatic heterocycles. The Morgan fingerprint density at radius 2 is 1.94 bits per heavy atom. The highest BCUT2D eigenvalue weighted by Gasteiger charge is 2.19. The van der Waals surface area contributed by atoms with E-state index in [2.05, 4.69) is 27.1 Å². The largest absolute Gasteiger partial charge is 0.341 e. The first-order chi connectivity index (χ1) is 8.90. The summed E-state index contributed by atoms with van der Waals surface area (Å²) in [5.74, 6) is 0.877. The van der Waals surface area contributed by atoms with Crippen molar-refractivity contribution in [2.24, 2.45) is 0 Å². The van der Waals surface area contributed by atoms with E-state index in [1.54, 1.807) is 0 Å². The van der Waals surface area contributed by atoms with E-state index in [0.717, 1.165) is 19.0 Å². The molecule has 1 aromatic heterocycles. The van der Waals surface area contributed by atoms with Crippen LogP contribution in [0.25, 0.3) is 0 Å². The van der Waals surface area contributed by atoms with Crippen molar-refractivity contribution >= 4 is 5.95 Å². The number of unbranched alkanes of at least 4 members (excludes halogenated alkanes) is 2. The monoisotopic (exact) mass is 248 g/mol. The zero-order chi connectivity index (χ0) is 12.6. The Bertz CT molecular complexity index is 320. The maximum Gasteiger partial charge on any atom is 0.225 e. The van der Waals surface area contributed by atoms with Crippen molar-refractivity contribution in [1.29, 1.82) is 0 Å². The highest BCUT2D eigenvalue weighted by molar-refractivity contribution is 5.29. The smallest absolute Gasteiger partial charge is 0.225 e. The fourth-order valence-corrected chi connectivity index (χ4v) is 2.42. The van der Waals surface area contributed by atoms with Gasteiger partial charge in [-0.3, -0.25) is 0 Å². The van der Waals surface area contributed by atoms with Crippen molar-refractivity contribution in [2.75, 3.05) is 24.5 Å². The van der Waals surface area contributed by atoms with Crippen molar-refractivity contribution in [2.45, 2.75) is 45.1 Å². The molecule has 100 valence electrons. The molecule has 0 spiro atoms. The summed E-state index contributed by atoms with van der Waals surface area (Å²) in [6.07, 6.45) is 9.97. The van der Waals surface area contributed by atoms with Gasteiger partial charge in [-0.15, -0.1) is 0 Å². The van der Waals surface area contributed by atoms with Gasteiger partial charge in [0.15, 0.2) is 0 Å². The topological polar surface area (TPSA) is 41.0 Å². The molecule has 18 heavy (non-hydrogen) atoms. The first-order valence-corrected chi connectivity index (χ1v) is 7.15. The molecule has 2 heterocycles. The first kappa shape index (κ1) is 13.3. The minimum atomic E-state index is 0.682. The molecule has 4 nitrogen and oxygen atoms in total. The second kappa shape index (κ2) is 7.31. The molecule has 1 aromatic rings. The standard InChI is InChI=1S/C14H24N4/c1-2-3-4-8-15-13-6-11-18(12-7-13)14-16-9-5-10-17-14/h5,9-10,13,15H,2-4,6-8,11-12H2,1H3. The lowest BCUT2D eigenvalue weighted by atomic mass is 10.1. The molecular weight excluding hydrogens is 224 g/mol. The van der Waals surface area contributed by atoms with Crippen LogP contribution in [0.3, 0.4) is 0 Å². The lowest BCUT2D eigenvalue weighted by Gasteiger charge is -2.32. The van der Waals surface area contributed by atoms with Crippen molar-refractivity contribution in [1.82, 2.24) is 15.3 Å². The van der Waals surface area contributed by atoms with E-state index in [1.807, 2.05) is 18.5 Å². The van der Waals surface area contributed by atoms with Crippen LogP contribution >= 0.6 is 0 Å². The average Bonchev–Trinajstić information content (AvgIpc) is 2.45. The van der Waals surface area contributed by atoms with Gasteiger partial charge in [0.1, 0.15) is 0 Å². The van der Waals surface area contributed by atoms with Crippen LogP contribution in [0, 0.1) is 0 Å². The number of hydrogen-bond donors (Lipinski definition) is 1. The Morgan fingerprint density at radius 3 is 2.61 bits per heavy atom. The van der Waals surface area contributed by atoms with Gasteiger partial charge in [-0.1, -0.05) is 19.8 Å². The Morgan fingerprint density at radius 1 is 1.22 bits per heavy atom. The molecular formula is C14H24N4. The van der Waals surface area contributed by atoms with Gasteiger partial charge in [0.2, 0.25) is 5.95 Å². The fraction of sp³-hybridized carbons (Fsp3) is 0.714. The molecule has 0 bridgehead atoms. The van der Waals surface area contributed by atoms with Crippen molar-refractivity contribution < 1.29 is 0 Å². The van der Waals surface area contributed by atoms with Crippen LogP contribution in [0.4, 0.5) is 5.95 Å². The van der Waals surface area contributed by atoms with Crippen molar-refractivity contribution in [3.05, 3.63) is 18.5 Å². The second-order valence-corrected chi connectivity index (χ2v) is 4.97. The molecule has 4 heteroatoms. The van der Waals surface area contributed by atoms with Gasteiger partial charge in [-0.25, -0.2) is 9.97 Å². The van der Waals surface area contributed by atoms with E-state index in [4.69, 9.17) is 0 Å². The van der Waals surface area contributed by atoms with Crippen LogP contribution in [0.1, 0.15) is 39.0 Å². The second-order valence-electron chi connectivity index (χ2n) is 4.97. The molecule has 2 rings (SSSR count). The molecule has 1 aliphatic rings. The summed E-state index contributed by atoms with van der Waals surface area (Å²) < 4.78 is 0. The molecule has 0 radical (unpaired) electrons. The summed E-state index contributed by atoms with van der Waals surface area (Å²) in [6.45, 7) is 5.55. The number of anilines is 1. The third-order valence-corrected chi connectivity index (χ3v) is 3.54. The van der Waals surface area contributed by atoms with Gasteiger partial charge in [-0.2, -0.15) is 0 Å². The molecule has 1 fully saturated rings. The third-order valence-electron chi connectivity index (χ3n) is 3.54. The number of piperidine rings is 1. The molecule has 0 unspecified atom stereocenters. The van der Waals surface area contributed by atoms with Gasteiger partial charge in [0.05, 0.1) is 0 Å². The fourth-order valence-electron chi connectivity index (χ4n) is 2.42. The molecule has 1 N–H and O–H groups in total. The minimum Gasteiger partial charge on any atom is -0.341 e. The zero-order valence-corrected chi connectivity index (χ0v) is 11.3. The Kier molecular flexibility index (Phi) is 5.39. The quantitative estimate of drug-likeness (QED) is 0.784. The van der Waals surface area contributed by atoms with Crippen LogP contribution in [-0.2, 0) is 0 Å². The Hall–Kier alpha value is -1.16. The summed E-state index contributed by atoms with van der Waals surface area (Å²) in [6, 6.07) is 2.55. The van der Waals surface area contributed by atoms with Crippen molar-refractivity contribution in [3.63, 3.8) is 0 Å². The van der Waals surface area contributed by atoms with E-state index >= 15 is 0 Å². The Labute approximate surface area is 110 Å². The predicted octanol–water partition coefficient (Wildman–Crippen LogP) is 2.23. The molecule has 1 saturated heterocycles. The van der Waals surface area contributed by atoms with Crippen LogP contribution in [-0.4, -0.2) is 35.6 Å². The van der Waals surface area contributed by atoms with E-state index in [0.29, 0.717) is 6.04 Å². The molecule has 0 aromatic carbocycles. The van der Waals surface area contributed by atoms with Crippen LogP contribution in [0.15, 0.2) is 18.5 Å². The van der Waals surface area contributed by atoms with Gasteiger partial charge in [-0.05, 0) is 31.9 Å². The number of nitrogens with one attached hydrogen (secondary N) is 1. The number of aromatic nitrogens is 2. The number of rotatable bonds is 6. The molecule has 0 aliphatic carbocycles. The van der Waals surface area contributed by atoms with Crippen LogP contribution in [0.2, 0.25) is 0 Å². The Balaban J connectivity index is 1.68. The summed E-state index contributed by atoms with van der Waals surface area (Å²) in [4.78, 5) is 10.9. The normalized spacial score (nSPS) is 17.1. The van der Waals surface area contributed by atoms with Gasteiger partial charge in [0, 0.05) is 31.5 Å². The number of nitrogens with zero attached hydrogens (tertiary/aromatic N) is 3. The summed E-state index contributed by atoms with van der Waals surface area (Å²) in [5, 5.41) is 3.66. The van der Waals surface area contributed by atoms with E-state index in [9.17, 15) is 0 Å². The maximum absolute atomic E-state index is 4.31. The molecule has 0 atom stereocenters. The van der Waals surface area contributed by atoms with Gasteiger partial charge < -0.3 is 10.2 Å².